The van der Waals surface area contributed by atoms with E-state index < -0.39 is 0 Å². The zero-order valence-corrected chi connectivity index (χ0v) is 12.4. The van der Waals surface area contributed by atoms with Crippen LogP contribution in [0.2, 0.25) is 0 Å². The zero-order chi connectivity index (χ0) is 13.0. The molecule has 0 bridgehead atoms. The molecule has 0 fully saturated rings. The van der Waals surface area contributed by atoms with Crippen LogP contribution in [0.5, 0.6) is 0 Å². The van der Waals surface area contributed by atoms with Crippen molar-refractivity contribution in [2.75, 3.05) is 24.8 Å². The molecule has 0 spiro atoms. The molecule has 1 aromatic carbocycles. The number of rotatable bonds is 5. The molecule has 0 amide bonds. The summed E-state index contributed by atoms with van der Waals surface area (Å²) in [5, 5.41) is 3.22. The molecule has 96 valence electrons. The molecule has 5 heteroatoms. The first-order valence-corrected chi connectivity index (χ1v) is 6.53. The first-order valence-electron chi connectivity index (χ1n) is 5.45. The minimum absolute atomic E-state index is 0.113. The fourth-order valence-corrected chi connectivity index (χ4v) is 1.96. The highest BCUT2D eigenvalue weighted by Crippen LogP contribution is 2.25. The Balaban J connectivity index is 2.89. The lowest BCUT2D eigenvalue weighted by atomic mass is 10.0. The van der Waals surface area contributed by atoms with Crippen molar-refractivity contribution in [1.82, 2.24) is 0 Å². The fraction of sp³-hybridized carbons (Fsp3) is 0.500. The zero-order valence-electron chi connectivity index (χ0n) is 10.3. The number of nitrogens with two attached hydrogens (primary N) is 1. The lowest BCUT2D eigenvalue weighted by molar-refractivity contribution is 0.171. The summed E-state index contributed by atoms with van der Waals surface area (Å²) in [4.78, 5) is 0. The molecule has 0 saturated heterocycles. The van der Waals surface area contributed by atoms with Crippen molar-refractivity contribution < 1.29 is 9.13 Å². The highest BCUT2D eigenvalue weighted by Gasteiger charge is 2.15. The highest BCUT2D eigenvalue weighted by molar-refractivity contribution is 14.1. The Morgan fingerprint density at radius 2 is 2.12 bits per heavy atom. The van der Waals surface area contributed by atoms with E-state index in [9.17, 15) is 4.39 Å². The molecule has 0 aliphatic heterocycles. The van der Waals surface area contributed by atoms with Gasteiger partial charge in [0.05, 0.1) is 27.6 Å². The van der Waals surface area contributed by atoms with E-state index in [1.807, 2.05) is 22.6 Å². The molecule has 1 aromatic rings. The van der Waals surface area contributed by atoms with Gasteiger partial charge in [-0.3, -0.25) is 0 Å². The van der Waals surface area contributed by atoms with Gasteiger partial charge in [-0.25, -0.2) is 4.39 Å². The van der Waals surface area contributed by atoms with Crippen molar-refractivity contribution in [3.8, 4) is 0 Å². The van der Waals surface area contributed by atoms with E-state index in [0.717, 1.165) is 0 Å². The van der Waals surface area contributed by atoms with E-state index in [0.29, 0.717) is 27.5 Å². The Morgan fingerprint density at radius 3 is 2.65 bits per heavy atom. The predicted molar refractivity (Wildman–Crippen MR) is 77.7 cm³/mol. The van der Waals surface area contributed by atoms with Gasteiger partial charge in [-0.15, -0.1) is 0 Å². The monoisotopic (exact) mass is 352 g/mol. The molecule has 0 aromatic heterocycles. The normalized spacial score (nSPS) is 12.8. The summed E-state index contributed by atoms with van der Waals surface area (Å²) in [6, 6.07) is 3.17. The Bertz CT molecular complexity index is 385. The molecule has 0 radical (unpaired) electrons. The number of hydrogen-bond acceptors (Lipinski definition) is 3. The number of ether oxygens (including phenoxy) is 1. The smallest absolute Gasteiger partial charge is 0.138 e. The maximum absolute atomic E-state index is 13.5. The number of hydrogen-bond donors (Lipinski definition) is 2. The average molecular weight is 352 g/mol. The first kappa shape index (κ1) is 14.5. The molecule has 0 aliphatic rings. The number of halogens is 2. The summed E-state index contributed by atoms with van der Waals surface area (Å²) < 4.78 is 19.1. The minimum Gasteiger partial charge on any atom is -0.397 e. The van der Waals surface area contributed by atoms with Crippen LogP contribution < -0.4 is 11.1 Å². The molecule has 0 heterocycles. The van der Waals surface area contributed by atoms with Gasteiger partial charge in [0.15, 0.2) is 0 Å². The number of nitrogen functional groups attached to an aromatic ring is 1. The van der Waals surface area contributed by atoms with E-state index in [2.05, 4.69) is 19.2 Å². The Kier molecular flexibility index (Phi) is 5.45. The van der Waals surface area contributed by atoms with Gasteiger partial charge in [0.1, 0.15) is 5.82 Å². The average Bonchev–Trinajstić information content (AvgIpc) is 2.24. The largest absolute Gasteiger partial charge is 0.397 e. The molecule has 0 saturated carbocycles. The molecule has 1 unspecified atom stereocenters. The van der Waals surface area contributed by atoms with Gasteiger partial charge in [0.25, 0.3) is 0 Å². The topological polar surface area (TPSA) is 47.3 Å². The molecule has 3 nitrogen and oxygen atoms in total. The van der Waals surface area contributed by atoms with Gasteiger partial charge in [-0.05, 0) is 34.6 Å². The third-order valence-electron chi connectivity index (χ3n) is 2.58. The predicted octanol–water partition coefficient (Wildman–Crippen LogP) is 3.10. The van der Waals surface area contributed by atoms with Gasteiger partial charge >= 0.3 is 0 Å². The molecule has 3 N–H and O–H groups in total. The molecule has 1 atom stereocenters. The molecule has 1 rings (SSSR count). The van der Waals surface area contributed by atoms with Crippen LogP contribution in [0.15, 0.2) is 12.1 Å². The van der Waals surface area contributed by atoms with E-state index in [4.69, 9.17) is 10.5 Å². The maximum atomic E-state index is 13.5. The van der Waals surface area contributed by atoms with Gasteiger partial charge in [0, 0.05) is 13.2 Å². The van der Waals surface area contributed by atoms with E-state index in [-0.39, 0.29) is 11.9 Å². The SMILES string of the molecule is COCC(Nc1cc(F)c(I)cc1N)C(C)C. The van der Waals surface area contributed by atoms with Crippen molar-refractivity contribution in [3.05, 3.63) is 21.5 Å². The van der Waals surface area contributed by atoms with E-state index >= 15 is 0 Å². The Labute approximate surface area is 115 Å². The lowest BCUT2D eigenvalue weighted by Gasteiger charge is -2.23. The second-order valence-electron chi connectivity index (χ2n) is 4.30. The summed E-state index contributed by atoms with van der Waals surface area (Å²) in [5.41, 5.74) is 7.04. The van der Waals surface area contributed by atoms with Crippen LogP contribution >= 0.6 is 22.6 Å². The molecular weight excluding hydrogens is 334 g/mol. The van der Waals surface area contributed by atoms with Crippen LogP contribution in [0.3, 0.4) is 0 Å². The number of nitrogens with one attached hydrogen (secondary N) is 1. The number of anilines is 2. The quantitative estimate of drug-likeness (QED) is 0.633. The standard InChI is InChI=1S/C12H18FIN2O/c1-7(2)12(6-17-3)16-11-4-8(13)9(14)5-10(11)15/h4-5,7,12,16H,6,15H2,1-3H3. The van der Waals surface area contributed by atoms with Crippen molar-refractivity contribution in [2.45, 2.75) is 19.9 Å². The van der Waals surface area contributed by atoms with E-state index in [1.165, 1.54) is 6.07 Å². The molecule has 0 aliphatic carbocycles. The van der Waals surface area contributed by atoms with Crippen LogP contribution in [0.25, 0.3) is 0 Å². The molecule has 17 heavy (non-hydrogen) atoms. The van der Waals surface area contributed by atoms with Crippen molar-refractivity contribution in [2.24, 2.45) is 5.92 Å². The second kappa shape index (κ2) is 6.39. The number of benzene rings is 1. The van der Waals surface area contributed by atoms with Crippen LogP contribution in [-0.2, 0) is 4.74 Å². The fourth-order valence-electron chi connectivity index (χ4n) is 1.47. The molecular formula is C12H18FIN2O. The Morgan fingerprint density at radius 1 is 1.47 bits per heavy atom. The maximum Gasteiger partial charge on any atom is 0.138 e. The Hall–Kier alpha value is -0.560. The van der Waals surface area contributed by atoms with Gasteiger partial charge in [0.2, 0.25) is 0 Å². The van der Waals surface area contributed by atoms with Gasteiger partial charge in [-0.2, -0.15) is 0 Å². The van der Waals surface area contributed by atoms with Crippen molar-refractivity contribution in [3.63, 3.8) is 0 Å². The van der Waals surface area contributed by atoms with Gasteiger partial charge < -0.3 is 15.8 Å². The second-order valence-corrected chi connectivity index (χ2v) is 5.47. The van der Waals surface area contributed by atoms with Crippen LogP contribution in [0, 0.1) is 15.3 Å². The third kappa shape index (κ3) is 3.99. The van der Waals surface area contributed by atoms with Crippen LogP contribution in [-0.4, -0.2) is 19.8 Å². The highest BCUT2D eigenvalue weighted by atomic mass is 127. The van der Waals surface area contributed by atoms with Crippen molar-refractivity contribution >= 4 is 34.0 Å². The van der Waals surface area contributed by atoms with Crippen molar-refractivity contribution in [1.29, 1.82) is 0 Å². The summed E-state index contributed by atoms with van der Waals surface area (Å²) in [6.45, 7) is 4.72. The lowest BCUT2D eigenvalue weighted by Crippen LogP contribution is -2.30. The summed E-state index contributed by atoms with van der Waals surface area (Å²) in [7, 11) is 1.65. The van der Waals surface area contributed by atoms with Crippen LogP contribution in [0.4, 0.5) is 15.8 Å². The summed E-state index contributed by atoms with van der Waals surface area (Å²) >= 11 is 1.92. The summed E-state index contributed by atoms with van der Waals surface area (Å²) in [6.07, 6.45) is 0. The number of methoxy groups -OCH3 is 1. The third-order valence-corrected chi connectivity index (χ3v) is 3.41. The van der Waals surface area contributed by atoms with Gasteiger partial charge in [-0.1, -0.05) is 13.8 Å². The summed E-state index contributed by atoms with van der Waals surface area (Å²) in [5.74, 6) is 0.110. The van der Waals surface area contributed by atoms with Crippen LogP contribution in [0.1, 0.15) is 13.8 Å². The minimum atomic E-state index is -0.262. The van der Waals surface area contributed by atoms with E-state index in [1.54, 1.807) is 13.2 Å². The first-order chi connectivity index (χ1) is 7.95.